The van der Waals surface area contributed by atoms with E-state index < -0.39 is 0 Å². The van der Waals surface area contributed by atoms with E-state index in [9.17, 15) is 4.79 Å². The first-order valence-electron chi connectivity index (χ1n) is 7.52. The highest BCUT2D eigenvalue weighted by Gasteiger charge is 2.22. The summed E-state index contributed by atoms with van der Waals surface area (Å²) in [7, 11) is 0. The highest BCUT2D eigenvalue weighted by molar-refractivity contribution is 6.33. The van der Waals surface area contributed by atoms with Crippen molar-refractivity contribution in [3.63, 3.8) is 0 Å². The van der Waals surface area contributed by atoms with Crippen LogP contribution in [-0.4, -0.2) is 51.3 Å². The first-order chi connectivity index (χ1) is 11.7. The lowest BCUT2D eigenvalue weighted by Gasteiger charge is -2.36. The molecule has 0 unspecified atom stereocenters. The zero-order chi connectivity index (χ0) is 16.5. The van der Waals surface area contributed by atoms with Gasteiger partial charge in [-0.1, -0.05) is 11.6 Å². The lowest BCUT2D eigenvalue weighted by atomic mass is 10.2. The summed E-state index contributed by atoms with van der Waals surface area (Å²) in [5.74, 6) is 0.900. The minimum Gasteiger partial charge on any atom is -0.365 e. The Bertz CT molecular complexity index is 931. The van der Waals surface area contributed by atoms with Crippen molar-refractivity contribution in [3.05, 3.63) is 46.4 Å². The van der Waals surface area contributed by atoms with Gasteiger partial charge in [-0.15, -0.1) is 0 Å². The fourth-order valence-electron chi connectivity index (χ4n) is 2.90. The number of anilines is 2. The number of hydrogen-bond acceptors (Lipinski definition) is 7. The molecule has 0 saturated carbocycles. The molecule has 3 aromatic heterocycles. The second-order valence-electron chi connectivity index (χ2n) is 5.46. The van der Waals surface area contributed by atoms with E-state index in [0.29, 0.717) is 5.69 Å². The van der Waals surface area contributed by atoms with Gasteiger partial charge >= 0.3 is 0 Å². The Morgan fingerprint density at radius 2 is 1.88 bits per heavy atom. The summed E-state index contributed by atoms with van der Waals surface area (Å²) in [6.45, 7) is 2.97. The van der Waals surface area contributed by atoms with Crippen molar-refractivity contribution in [2.45, 2.75) is 0 Å². The van der Waals surface area contributed by atoms with E-state index >= 15 is 0 Å². The van der Waals surface area contributed by atoms with Crippen LogP contribution in [0.1, 0.15) is 0 Å². The second kappa shape index (κ2) is 6.04. The fourth-order valence-corrected chi connectivity index (χ4v) is 3.11. The molecule has 1 N–H and O–H groups in total. The minimum absolute atomic E-state index is 0.178. The molecule has 0 bridgehead atoms. The van der Waals surface area contributed by atoms with Crippen molar-refractivity contribution in [3.8, 4) is 0 Å². The average Bonchev–Trinajstić information content (AvgIpc) is 2.64. The van der Waals surface area contributed by atoms with Gasteiger partial charge in [-0.3, -0.25) is 9.78 Å². The highest BCUT2D eigenvalue weighted by atomic mass is 35.5. The maximum atomic E-state index is 11.6. The number of aromatic amines is 1. The standard InChI is InChI=1S/C15H14ClN7O/c16-13-12(8-20-21-15(13)24)22-3-5-23(6-4-22)14-10-1-2-17-7-11(10)18-9-19-14/h1-2,7-9H,3-6H2,(H,21,24). The highest BCUT2D eigenvalue weighted by Crippen LogP contribution is 2.26. The summed E-state index contributed by atoms with van der Waals surface area (Å²) < 4.78 is 0. The van der Waals surface area contributed by atoms with Gasteiger partial charge < -0.3 is 9.80 Å². The number of nitrogens with zero attached hydrogens (tertiary/aromatic N) is 6. The second-order valence-corrected chi connectivity index (χ2v) is 5.84. The Balaban J connectivity index is 1.58. The number of aromatic nitrogens is 5. The summed E-state index contributed by atoms with van der Waals surface area (Å²) in [6, 6.07) is 1.93. The molecule has 0 aliphatic carbocycles. The van der Waals surface area contributed by atoms with E-state index in [1.165, 1.54) is 0 Å². The van der Waals surface area contributed by atoms with Gasteiger partial charge in [0.25, 0.3) is 5.56 Å². The van der Waals surface area contributed by atoms with Gasteiger partial charge in [0.15, 0.2) is 0 Å². The van der Waals surface area contributed by atoms with Crippen LogP contribution in [0.3, 0.4) is 0 Å². The molecule has 0 amide bonds. The molecule has 1 aliphatic rings. The number of fused-ring (bicyclic) bond motifs is 1. The minimum atomic E-state index is -0.370. The van der Waals surface area contributed by atoms with Crippen molar-refractivity contribution in [1.29, 1.82) is 0 Å². The molecule has 1 saturated heterocycles. The Morgan fingerprint density at radius 3 is 2.71 bits per heavy atom. The summed E-state index contributed by atoms with van der Waals surface area (Å²) >= 11 is 6.09. The van der Waals surface area contributed by atoms with Crippen LogP contribution in [-0.2, 0) is 0 Å². The van der Waals surface area contributed by atoms with Crippen LogP contribution >= 0.6 is 11.6 Å². The number of hydrogen-bond donors (Lipinski definition) is 1. The lowest BCUT2D eigenvalue weighted by Crippen LogP contribution is -2.47. The van der Waals surface area contributed by atoms with E-state index in [1.54, 1.807) is 24.9 Å². The van der Waals surface area contributed by atoms with Crippen molar-refractivity contribution < 1.29 is 0 Å². The van der Waals surface area contributed by atoms with Crippen molar-refractivity contribution in [1.82, 2.24) is 25.1 Å². The molecule has 9 heteroatoms. The Labute approximate surface area is 142 Å². The van der Waals surface area contributed by atoms with Gasteiger partial charge in [-0.2, -0.15) is 5.10 Å². The van der Waals surface area contributed by atoms with Gasteiger partial charge in [0, 0.05) is 37.8 Å². The maximum absolute atomic E-state index is 11.6. The molecule has 4 heterocycles. The number of H-pyrrole nitrogens is 1. The molecule has 1 fully saturated rings. The summed E-state index contributed by atoms with van der Waals surface area (Å²) in [4.78, 5) is 28.6. The number of piperazine rings is 1. The molecule has 0 atom stereocenters. The monoisotopic (exact) mass is 343 g/mol. The van der Waals surface area contributed by atoms with Crippen LogP contribution in [0.15, 0.2) is 35.8 Å². The third-order valence-electron chi connectivity index (χ3n) is 4.11. The van der Waals surface area contributed by atoms with Gasteiger partial charge in [0.2, 0.25) is 0 Å². The third kappa shape index (κ3) is 2.54. The third-order valence-corrected chi connectivity index (χ3v) is 4.48. The van der Waals surface area contributed by atoms with E-state index in [0.717, 1.165) is 42.9 Å². The Hall–Kier alpha value is -2.74. The van der Waals surface area contributed by atoms with Crippen LogP contribution in [0.4, 0.5) is 11.5 Å². The molecular weight excluding hydrogens is 330 g/mol. The molecule has 0 radical (unpaired) electrons. The first kappa shape index (κ1) is 14.8. The number of pyridine rings is 1. The van der Waals surface area contributed by atoms with Gasteiger partial charge in [0.1, 0.15) is 17.2 Å². The fraction of sp³-hybridized carbons (Fsp3) is 0.267. The molecule has 8 nitrogen and oxygen atoms in total. The lowest BCUT2D eigenvalue weighted by molar-refractivity contribution is 0.646. The molecule has 0 spiro atoms. The largest absolute Gasteiger partial charge is 0.365 e. The first-order valence-corrected chi connectivity index (χ1v) is 7.89. The quantitative estimate of drug-likeness (QED) is 0.744. The van der Waals surface area contributed by atoms with Crippen LogP contribution in [0, 0.1) is 0 Å². The molecule has 24 heavy (non-hydrogen) atoms. The molecule has 1 aliphatic heterocycles. The van der Waals surface area contributed by atoms with E-state index in [4.69, 9.17) is 11.6 Å². The van der Waals surface area contributed by atoms with Crippen molar-refractivity contribution >= 4 is 34.0 Å². The smallest absolute Gasteiger partial charge is 0.285 e. The van der Waals surface area contributed by atoms with Gasteiger partial charge in [-0.25, -0.2) is 15.1 Å². The van der Waals surface area contributed by atoms with Crippen LogP contribution in [0.2, 0.25) is 5.02 Å². The number of halogens is 1. The summed E-state index contributed by atoms with van der Waals surface area (Å²) in [5.41, 5.74) is 1.12. The Morgan fingerprint density at radius 1 is 1.08 bits per heavy atom. The summed E-state index contributed by atoms with van der Waals surface area (Å²) in [5, 5.41) is 7.33. The molecular formula is C15H14ClN7O. The normalized spacial score (nSPS) is 15.0. The van der Waals surface area contributed by atoms with E-state index in [-0.39, 0.29) is 10.6 Å². The van der Waals surface area contributed by atoms with Gasteiger partial charge in [-0.05, 0) is 6.07 Å². The molecule has 4 rings (SSSR count). The topological polar surface area (TPSA) is 90.9 Å². The maximum Gasteiger partial charge on any atom is 0.285 e. The average molecular weight is 344 g/mol. The predicted molar refractivity (Wildman–Crippen MR) is 91.6 cm³/mol. The van der Waals surface area contributed by atoms with Crippen LogP contribution < -0.4 is 15.4 Å². The molecule has 0 aromatic carbocycles. The van der Waals surface area contributed by atoms with Crippen molar-refractivity contribution in [2.75, 3.05) is 36.0 Å². The van der Waals surface area contributed by atoms with E-state index in [1.807, 2.05) is 6.07 Å². The number of rotatable bonds is 2. The van der Waals surface area contributed by atoms with Crippen molar-refractivity contribution in [2.24, 2.45) is 0 Å². The summed E-state index contributed by atoms with van der Waals surface area (Å²) in [6.07, 6.45) is 6.62. The SMILES string of the molecule is O=c1[nH]ncc(N2CCN(c3ncnc4cnccc34)CC2)c1Cl. The van der Waals surface area contributed by atoms with Gasteiger partial charge in [0.05, 0.1) is 23.6 Å². The van der Waals surface area contributed by atoms with Crippen LogP contribution in [0.5, 0.6) is 0 Å². The number of nitrogens with one attached hydrogen (secondary N) is 1. The molecule has 122 valence electrons. The zero-order valence-electron chi connectivity index (χ0n) is 12.7. The molecule has 3 aromatic rings. The predicted octanol–water partition coefficient (Wildman–Crippen LogP) is 1.09. The Kier molecular flexibility index (Phi) is 3.73. The zero-order valence-corrected chi connectivity index (χ0v) is 13.4. The van der Waals surface area contributed by atoms with E-state index in [2.05, 4.69) is 34.9 Å². The van der Waals surface area contributed by atoms with Crippen LogP contribution in [0.25, 0.3) is 10.9 Å².